The monoisotopic (exact) mass is 397 g/mol. The quantitative estimate of drug-likeness (QED) is 0.716. The number of nitrogens with zero attached hydrogens (tertiary/aromatic N) is 2. The molecule has 0 atom stereocenters. The van der Waals surface area contributed by atoms with Gasteiger partial charge in [-0.05, 0) is 36.1 Å². The van der Waals surface area contributed by atoms with Crippen LogP contribution in [0.3, 0.4) is 0 Å². The van der Waals surface area contributed by atoms with Crippen LogP contribution in [0.15, 0.2) is 63.9 Å². The molecule has 3 rings (SSSR count). The molecule has 0 bridgehead atoms. The third-order valence-corrected chi connectivity index (χ3v) is 4.76. The van der Waals surface area contributed by atoms with E-state index in [9.17, 15) is 4.79 Å². The number of aryl methyl sites for hydroxylation is 2. The average molecular weight is 398 g/mol. The van der Waals surface area contributed by atoms with Gasteiger partial charge in [-0.25, -0.2) is 4.98 Å². The molecule has 128 valence electrons. The molecule has 2 aromatic carbocycles. The van der Waals surface area contributed by atoms with Gasteiger partial charge in [-0.1, -0.05) is 58.4 Å². The highest BCUT2D eigenvalue weighted by atomic mass is 79.9. The lowest BCUT2D eigenvalue weighted by atomic mass is 10.0. The van der Waals surface area contributed by atoms with Crippen molar-refractivity contribution in [3.05, 3.63) is 91.8 Å². The topological polar surface area (TPSA) is 60.9 Å². The van der Waals surface area contributed by atoms with Crippen molar-refractivity contribution < 1.29 is 0 Å². The second-order valence-electron chi connectivity index (χ2n) is 6.05. The Morgan fingerprint density at radius 2 is 1.76 bits per heavy atom. The van der Waals surface area contributed by atoms with Gasteiger partial charge in [0.2, 0.25) is 5.95 Å². The lowest BCUT2D eigenvalue weighted by Gasteiger charge is -2.12. The Bertz CT molecular complexity index is 935. The molecule has 0 aliphatic heterocycles. The predicted molar refractivity (Wildman–Crippen MR) is 105 cm³/mol. The minimum absolute atomic E-state index is 0.0689. The SMILES string of the molecule is Cn1c(N)nc(CCc2cccc(Br)c2)c(Cc2ccccc2)c1=O. The van der Waals surface area contributed by atoms with Gasteiger partial charge in [0.1, 0.15) is 0 Å². The lowest BCUT2D eigenvalue weighted by Crippen LogP contribution is -2.27. The number of halogens is 1. The second-order valence-corrected chi connectivity index (χ2v) is 6.97. The molecule has 2 N–H and O–H groups in total. The van der Waals surface area contributed by atoms with Gasteiger partial charge < -0.3 is 5.73 Å². The predicted octanol–water partition coefficient (Wildman–Crippen LogP) is 3.50. The largest absolute Gasteiger partial charge is 0.369 e. The summed E-state index contributed by atoms with van der Waals surface area (Å²) in [5.41, 5.74) is 9.64. The molecule has 0 radical (unpaired) electrons. The van der Waals surface area contributed by atoms with Crippen LogP contribution in [-0.4, -0.2) is 9.55 Å². The van der Waals surface area contributed by atoms with Crippen molar-refractivity contribution >= 4 is 21.9 Å². The lowest BCUT2D eigenvalue weighted by molar-refractivity contribution is 0.778. The zero-order valence-corrected chi connectivity index (χ0v) is 15.7. The van der Waals surface area contributed by atoms with E-state index in [0.717, 1.165) is 27.7 Å². The summed E-state index contributed by atoms with van der Waals surface area (Å²) in [6, 6.07) is 18.1. The van der Waals surface area contributed by atoms with Crippen LogP contribution in [0.25, 0.3) is 0 Å². The Balaban J connectivity index is 1.93. The van der Waals surface area contributed by atoms with E-state index in [1.54, 1.807) is 7.05 Å². The molecule has 1 aromatic heterocycles. The number of hydrogen-bond acceptors (Lipinski definition) is 3. The molecule has 3 aromatic rings. The fourth-order valence-electron chi connectivity index (χ4n) is 2.85. The van der Waals surface area contributed by atoms with E-state index in [4.69, 9.17) is 5.73 Å². The standard InChI is InChI=1S/C20H20BrN3O/c1-24-19(25)17(13-14-6-3-2-4-7-14)18(23-20(24)22)11-10-15-8-5-9-16(21)12-15/h2-9,12H,10-11,13H2,1H3,(H2,22,23). The van der Waals surface area contributed by atoms with Gasteiger partial charge in [-0.3, -0.25) is 9.36 Å². The van der Waals surface area contributed by atoms with Gasteiger partial charge in [0.15, 0.2) is 0 Å². The minimum Gasteiger partial charge on any atom is -0.369 e. The maximum atomic E-state index is 12.7. The van der Waals surface area contributed by atoms with Crippen molar-refractivity contribution in [1.29, 1.82) is 0 Å². The first kappa shape index (κ1) is 17.4. The van der Waals surface area contributed by atoms with E-state index in [2.05, 4.69) is 33.0 Å². The van der Waals surface area contributed by atoms with Crippen molar-refractivity contribution in [2.24, 2.45) is 7.05 Å². The minimum atomic E-state index is -0.0689. The third-order valence-electron chi connectivity index (χ3n) is 4.27. The summed E-state index contributed by atoms with van der Waals surface area (Å²) in [6.07, 6.45) is 2.05. The highest BCUT2D eigenvalue weighted by Gasteiger charge is 2.14. The molecule has 5 heteroatoms. The fraction of sp³-hybridized carbons (Fsp3) is 0.200. The first-order valence-electron chi connectivity index (χ1n) is 8.17. The number of rotatable bonds is 5. The number of anilines is 1. The van der Waals surface area contributed by atoms with Crippen LogP contribution >= 0.6 is 15.9 Å². The maximum absolute atomic E-state index is 12.7. The Morgan fingerprint density at radius 3 is 2.48 bits per heavy atom. The molecular formula is C20H20BrN3O. The van der Waals surface area contributed by atoms with E-state index in [1.165, 1.54) is 10.1 Å². The van der Waals surface area contributed by atoms with Crippen molar-refractivity contribution in [3.63, 3.8) is 0 Å². The van der Waals surface area contributed by atoms with Gasteiger partial charge in [-0.15, -0.1) is 0 Å². The van der Waals surface area contributed by atoms with Gasteiger partial charge in [-0.2, -0.15) is 0 Å². The molecule has 25 heavy (non-hydrogen) atoms. The van der Waals surface area contributed by atoms with Crippen molar-refractivity contribution in [2.75, 3.05) is 5.73 Å². The van der Waals surface area contributed by atoms with Crippen molar-refractivity contribution in [1.82, 2.24) is 9.55 Å². The zero-order chi connectivity index (χ0) is 17.8. The molecule has 0 aliphatic carbocycles. The molecule has 0 saturated carbocycles. The summed E-state index contributed by atoms with van der Waals surface area (Å²) in [6.45, 7) is 0. The van der Waals surface area contributed by atoms with E-state index in [0.29, 0.717) is 12.8 Å². The van der Waals surface area contributed by atoms with Gasteiger partial charge in [0.25, 0.3) is 5.56 Å². The smallest absolute Gasteiger partial charge is 0.258 e. The van der Waals surface area contributed by atoms with Crippen LogP contribution in [0.4, 0.5) is 5.95 Å². The number of aromatic nitrogens is 2. The number of hydrogen-bond donors (Lipinski definition) is 1. The molecule has 0 spiro atoms. The fourth-order valence-corrected chi connectivity index (χ4v) is 3.30. The van der Waals surface area contributed by atoms with Gasteiger partial charge in [0.05, 0.1) is 5.69 Å². The summed E-state index contributed by atoms with van der Waals surface area (Å²) >= 11 is 3.49. The van der Waals surface area contributed by atoms with Crippen LogP contribution in [0.2, 0.25) is 0 Å². The highest BCUT2D eigenvalue weighted by Crippen LogP contribution is 2.16. The molecule has 0 amide bonds. The van der Waals surface area contributed by atoms with Gasteiger partial charge >= 0.3 is 0 Å². The summed E-state index contributed by atoms with van der Waals surface area (Å²) in [4.78, 5) is 17.2. The normalized spacial score (nSPS) is 10.8. The first-order valence-corrected chi connectivity index (χ1v) is 8.96. The average Bonchev–Trinajstić information content (AvgIpc) is 2.62. The Labute approximate surface area is 155 Å². The summed E-state index contributed by atoms with van der Waals surface area (Å²) in [5.74, 6) is 0.256. The van der Waals surface area contributed by atoms with Crippen LogP contribution in [0.5, 0.6) is 0 Å². The second kappa shape index (κ2) is 7.66. The molecule has 0 aliphatic rings. The molecular weight excluding hydrogens is 378 g/mol. The molecule has 0 saturated heterocycles. The Morgan fingerprint density at radius 1 is 1.04 bits per heavy atom. The molecule has 0 fully saturated rings. The molecule has 0 unspecified atom stereocenters. The van der Waals surface area contributed by atoms with E-state index >= 15 is 0 Å². The number of nitrogen functional groups attached to an aromatic ring is 1. The summed E-state index contributed by atoms with van der Waals surface area (Å²) in [7, 11) is 1.66. The van der Waals surface area contributed by atoms with Crippen LogP contribution in [0, 0.1) is 0 Å². The van der Waals surface area contributed by atoms with E-state index in [1.807, 2.05) is 42.5 Å². The summed E-state index contributed by atoms with van der Waals surface area (Å²) < 4.78 is 2.46. The van der Waals surface area contributed by atoms with Crippen molar-refractivity contribution in [2.45, 2.75) is 19.3 Å². The van der Waals surface area contributed by atoms with Crippen LogP contribution in [0.1, 0.15) is 22.4 Å². The van der Waals surface area contributed by atoms with Crippen molar-refractivity contribution in [3.8, 4) is 0 Å². The zero-order valence-electron chi connectivity index (χ0n) is 14.1. The first-order chi connectivity index (χ1) is 12.0. The van der Waals surface area contributed by atoms with E-state index < -0.39 is 0 Å². The third kappa shape index (κ3) is 4.17. The highest BCUT2D eigenvalue weighted by molar-refractivity contribution is 9.10. The van der Waals surface area contributed by atoms with Gasteiger partial charge in [0, 0.05) is 23.5 Å². The maximum Gasteiger partial charge on any atom is 0.258 e. The number of benzene rings is 2. The Hall–Kier alpha value is -2.40. The number of nitrogens with two attached hydrogens (primary N) is 1. The summed E-state index contributed by atoms with van der Waals surface area (Å²) in [5, 5.41) is 0. The Kier molecular flexibility index (Phi) is 5.34. The molecule has 1 heterocycles. The van der Waals surface area contributed by atoms with E-state index in [-0.39, 0.29) is 11.5 Å². The molecule has 4 nitrogen and oxygen atoms in total. The van der Waals surface area contributed by atoms with Crippen LogP contribution in [-0.2, 0) is 26.3 Å². The van der Waals surface area contributed by atoms with Crippen LogP contribution < -0.4 is 11.3 Å².